The summed E-state index contributed by atoms with van der Waals surface area (Å²) in [5.74, 6) is -0.584. The summed E-state index contributed by atoms with van der Waals surface area (Å²) in [6.07, 6.45) is 5.27. The van der Waals surface area contributed by atoms with Gasteiger partial charge in [0.1, 0.15) is 10.7 Å². The van der Waals surface area contributed by atoms with Crippen molar-refractivity contribution in [2.45, 2.75) is 30.2 Å². The van der Waals surface area contributed by atoms with Crippen LogP contribution in [-0.4, -0.2) is 37.9 Å². The molecule has 0 spiro atoms. The van der Waals surface area contributed by atoms with Crippen LogP contribution in [-0.2, 0) is 16.4 Å². The first-order chi connectivity index (χ1) is 13.3. The molecular weight excluding hydrogens is 401 g/mol. The number of likely N-dealkylation sites (N-methyl/N-ethyl adjacent to an activating group) is 1. The average Bonchev–Trinajstić information content (AvgIpc) is 3.21. The molecule has 2 heterocycles. The predicted octanol–water partition coefficient (Wildman–Crippen LogP) is 4.40. The Morgan fingerprint density at radius 1 is 1.29 bits per heavy atom. The first-order valence-corrected chi connectivity index (χ1v) is 11.0. The second-order valence-electron chi connectivity index (χ2n) is 7.24. The van der Waals surface area contributed by atoms with Crippen molar-refractivity contribution in [2.24, 2.45) is 0 Å². The van der Waals surface area contributed by atoms with Gasteiger partial charge in [-0.25, -0.2) is 12.8 Å². The first kappa shape index (κ1) is 19.2. The number of aromatic amines is 1. The molecule has 2 N–H and O–H groups in total. The van der Waals surface area contributed by atoms with E-state index >= 15 is 0 Å². The van der Waals surface area contributed by atoms with Gasteiger partial charge < -0.3 is 9.88 Å². The highest BCUT2D eigenvalue weighted by Crippen LogP contribution is 2.29. The molecule has 0 saturated carbocycles. The van der Waals surface area contributed by atoms with Crippen molar-refractivity contribution in [1.82, 2.24) is 9.88 Å². The van der Waals surface area contributed by atoms with Crippen molar-refractivity contribution in [3.8, 4) is 0 Å². The fourth-order valence-electron chi connectivity index (χ4n) is 3.81. The summed E-state index contributed by atoms with van der Waals surface area (Å²) in [4.78, 5) is 5.46. The van der Waals surface area contributed by atoms with E-state index in [4.69, 9.17) is 11.6 Å². The molecule has 5 nitrogen and oxygen atoms in total. The van der Waals surface area contributed by atoms with E-state index < -0.39 is 15.8 Å². The number of anilines is 1. The third-order valence-electron chi connectivity index (χ3n) is 5.33. The van der Waals surface area contributed by atoms with Crippen LogP contribution in [0.25, 0.3) is 10.9 Å². The van der Waals surface area contributed by atoms with Crippen LogP contribution in [0.2, 0.25) is 5.02 Å². The zero-order valence-electron chi connectivity index (χ0n) is 15.4. The molecule has 0 aliphatic carbocycles. The molecule has 1 aromatic heterocycles. The smallest absolute Gasteiger partial charge is 0.263 e. The molecule has 1 saturated heterocycles. The SMILES string of the molecule is CN1CCCC1Cc1c[nH]c2ccc(NS(=O)(=O)c3ccc(F)cc3Cl)cc12. The van der Waals surface area contributed by atoms with Gasteiger partial charge >= 0.3 is 0 Å². The molecular formula is C20H21ClFN3O2S. The maximum absolute atomic E-state index is 13.2. The summed E-state index contributed by atoms with van der Waals surface area (Å²) in [5, 5.41) is 0.839. The quantitative estimate of drug-likeness (QED) is 0.641. The van der Waals surface area contributed by atoms with E-state index in [0.717, 1.165) is 47.6 Å². The third kappa shape index (κ3) is 3.74. The van der Waals surface area contributed by atoms with E-state index in [-0.39, 0.29) is 9.92 Å². The molecule has 0 radical (unpaired) electrons. The molecule has 1 fully saturated rings. The molecule has 1 unspecified atom stereocenters. The molecule has 0 amide bonds. The van der Waals surface area contributed by atoms with Crippen LogP contribution in [0.15, 0.2) is 47.5 Å². The van der Waals surface area contributed by atoms with Crippen molar-refractivity contribution in [3.63, 3.8) is 0 Å². The lowest BCUT2D eigenvalue weighted by Gasteiger charge is -2.18. The zero-order chi connectivity index (χ0) is 19.9. The minimum Gasteiger partial charge on any atom is -0.361 e. The van der Waals surface area contributed by atoms with Gasteiger partial charge in [0.05, 0.1) is 5.02 Å². The van der Waals surface area contributed by atoms with Gasteiger partial charge in [0.25, 0.3) is 10.0 Å². The Morgan fingerprint density at radius 2 is 2.11 bits per heavy atom. The first-order valence-electron chi connectivity index (χ1n) is 9.11. The molecule has 1 aliphatic rings. The van der Waals surface area contributed by atoms with Crippen molar-refractivity contribution in [3.05, 3.63) is 59.0 Å². The van der Waals surface area contributed by atoms with Crippen LogP contribution in [0.5, 0.6) is 0 Å². The molecule has 3 aromatic rings. The van der Waals surface area contributed by atoms with Crippen LogP contribution in [0, 0.1) is 5.82 Å². The fourth-order valence-corrected chi connectivity index (χ4v) is 5.39. The molecule has 4 rings (SSSR count). The maximum Gasteiger partial charge on any atom is 0.263 e. The summed E-state index contributed by atoms with van der Waals surface area (Å²) in [6, 6.07) is 9.09. The normalized spacial score (nSPS) is 18.0. The highest BCUT2D eigenvalue weighted by molar-refractivity contribution is 7.92. The Balaban J connectivity index is 1.63. The molecule has 1 aliphatic heterocycles. The van der Waals surface area contributed by atoms with E-state index in [0.29, 0.717) is 11.7 Å². The Hall–Kier alpha value is -2.09. The van der Waals surface area contributed by atoms with Gasteiger partial charge in [-0.2, -0.15) is 0 Å². The lowest BCUT2D eigenvalue weighted by molar-refractivity contribution is 0.310. The van der Waals surface area contributed by atoms with Crippen LogP contribution < -0.4 is 4.72 Å². The monoisotopic (exact) mass is 421 g/mol. The zero-order valence-corrected chi connectivity index (χ0v) is 16.9. The van der Waals surface area contributed by atoms with E-state index in [1.807, 2.05) is 18.3 Å². The number of nitrogens with one attached hydrogen (secondary N) is 2. The molecule has 1 atom stereocenters. The van der Waals surface area contributed by atoms with E-state index in [9.17, 15) is 12.8 Å². The van der Waals surface area contributed by atoms with E-state index in [1.165, 1.54) is 12.8 Å². The standard InChI is InChI=1S/C20H21ClFN3O2S/c1-25-8-2-3-16(25)9-13-12-23-19-6-5-15(11-17(13)19)24-28(26,27)20-7-4-14(22)10-18(20)21/h4-7,10-12,16,23-24H,2-3,8-9H2,1H3. The highest BCUT2D eigenvalue weighted by Gasteiger charge is 2.23. The minimum atomic E-state index is -3.92. The van der Waals surface area contributed by atoms with Gasteiger partial charge in [0.15, 0.2) is 0 Å². The summed E-state index contributed by atoms with van der Waals surface area (Å²) >= 11 is 5.92. The molecule has 148 valence electrons. The van der Waals surface area contributed by atoms with Crippen LogP contribution in [0.1, 0.15) is 18.4 Å². The number of nitrogens with zero attached hydrogens (tertiary/aromatic N) is 1. The summed E-state index contributed by atoms with van der Waals surface area (Å²) in [6.45, 7) is 1.11. The number of aromatic nitrogens is 1. The number of hydrogen-bond acceptors (Lipinski definition) is 3. The number of H-pyrrole nitrogens is 1. The van der Waals surface area contributed by atoms with Gasteiger partial charge in [-0.05, 0) is 74.8 Å². The number of hydrogen-bond donors (Lipinski definition) is 2. The van der Waals surface area contributed by atoms with Gasteiger partial charge in [0, 0.05) is 28.8 Å². The average molecular weight is 422 g/mol. The number of benzene rings is 2. The molecule has 0 bridgehead atoms. The Morgan fingerprint density at radius 3 is 2.82 bits per heavy atom. The second kappa shape index (κ2) is 7.39. The topological polar surface area (TPSA) is 65.2 Å². The summed E-state index contributed by atoms with van der Waals surface area (Å²) in [5.41, 5.74) is 2.56. The summed E-state index contributed by atoms with van der Waals surface area (Å²) in [7, 11) is -1.79. The van der Waals surface area contributed by atoms with Gasteiger partial charge in [-0.1, -0.05) is 11.6 Å². The Kier molecular flexibility index (Phi) is 5.07. The predicted molar refractivity (Wildman–Crippen MR) is 110 cm³/mol. The minimum absolute atomic E-state index is 0.153. The van der Waals surface area contributed by atoms with Crippen molar-refractivity contribution < 1.29 is 12.8 Å². The highest BCUT2D eigenvalue weighted by atomic mass is 35.5. The van der Waals surface area contributed by atoms with Gasteiger partial charge in [-0.3, -0.25) is 4.72 Å². The molecule has 8 heteroatoms. The number of sulfonamides is 1. The van der Waals surface area contributed by atoms with Gasteiger partial charge in [0.2, 0.25) is 0 Å². The van der Waals surface area contributed by atoms with Gasteiger partial charge in [-0.15, -0.1) is 0 Å². The van der Waals surface area contributed by atoms with E-state index in [1.54, 1.807) is 6.07 Å². The van der Waals surface area contributed by atoms with Crippen LogP contribution >= 0.6 is 11.6 Å². The Labute approximate surface area is 168 Å². The van der Waals surface area contributed by atoms with Crippen LogP contribution in [0.4, 0.5) is 10.1 Å². The second-order valence-corrected chi connectivity index (χ2v) is 9.29. The fraction of sp³-hybridized carbons (Fsp3) is 0.300. The molecule has 2 aromatic carbocycles. The number of likely N-dealkylation sites (tertiary alicyclic amines) is 1. The van der Waals surface area contributed by atoms with E-state index in [2.05, 4.69) is 21.7 Å². The number of fused-ring (bicyclic) bond motifs is 1. The van der Waals surface area contributed by atoms with Crippen LogP contribution in [0.3, 0.4) is 0 Å². The summed E-state index contributed by atoms with van der Waals surface area (Å²) < 4.78 is 41.1. The maximum atomic E-state index is 13.2. The lowest BCUT2D eigenvalue weighted by Crippen LogP contribution is -2.26. The molecule has 28 heavy (non-hydrogen) atoms. The van der Waals surface area contributed by atoms with Crippen molar-refractivity contribution >= 4 is 38.2 Å². The lowest BCUT2D eigenvalue weighted by atomic mass is 10.0. The number of rotatable bonds is 5. The van der Waals surface area contributed by atoms with Crippen molar-refractivity contribution in [2.75, 3.05) is 18.3 Å². The number of halogens is 2. The van der Waals surface area contributed by atoms with Crippen molar-refractivity contribution in [1.29, 1.82) is 0 Å². The Bertz CT molecular complexity index is 1130. The largest absolute Gasteiger partial charge is 0.361 e. The third-order valence-corrected chi connectivity index (χ3v) is 7.19.